The van der Waals surface area contributed by atoms with Crippen LogP contribution in [0, 0.1) is 0 Å². The van der Waals surface area contributed by atoms with Crippen molar-refractivity contribution < 1.29 is 52.5 Å². The standard InChI is InChI=1S/C16H21F9N3O2S/c1-26(2)31(29,30)28-11-10-27(12-28)9-7-5-3-4-6-8-13(17,18)14(19,20)15(21,22)16(23,24)25/h4,6,10-12H,3,5,7-9H2,1-2H3/q+1. The van der Waals surface area contributed by atoms with Crippen molar-refractivity contribution in [1.29, 1.82) is 0 Å². The molecular formula is C16H21F9N3O2S+. The van der Waals surface area contributed by atoms with Crippen LogP contribution in [0.25, 0.3) is 0 Å². The normalized spacial score (nSPS) is 14.7. The van der Waals surface area contributed by atoms with E-state index in [1.807, 2.05) is 0 Å². The first-order chi connectivity index (χ1) is 13.9. The van der Waals surface area contributed by atoms with Crippen molar-refractivity contribution in [2.75, 3.05) is 14.1 Å². The van der Waals surface area contributed by atoms with E-state index in [2.05, 4.69) is 0 Å². The van der Waals surface area contributed by atoms with E-state index >= 15 is 0 Å². The minimum atomic E-state index is -6.88. The monoisotopic (exact) mass is 490 g/mol. The lowest BCUT2D eigenvalue weighted by atomic mass is 10.0. The molecule has 31 heavy (non-hydrogen) atoms. The predicted molar refractivity (Wildman–Crippen MR) is 91.1 cm³/mol. The van der Waals surface area contributed by atoms with Crippen molar-refractivity contribution >= 4 is 10.2 Å². The minimum absolute atomic E-state index is 0.0641. The lowest BCUT2D eigenvalue weighted by Crippen LogP contribution is -2.60. The van der Waals surface area contributed by atoms with Gasteiger partial charge in [0.2, 0.25) is 0 Å². The third-order valence-corrected chi connectivity index (χ3v) is 5.85. The molecule has 0 atom stereocenters. The van der Waals surface area contributed by atoms with Crippen LogP contribution in [0.2, 0.25) is 0 Å². The van der Waals surface area contributed by atoms with Crippen molar-refractivity contribution in [3.8, 4) is 0 Å². The maximum absolute atomic E-state index is 13.3. The van der Waals surface area contributed by atoms with Gasteiger partial charge in [-0.05, 0) is 19.3 Å². The predicted octanol–water partition coefficient (Wildman–Crippen LogP) is 4.01. The first-order valence-corrected chi connectivity index (χ1v) is 10.1. The van der Waals surface area contributed by atoms with Gasteiger partial charge in [0.25, 0.3) is 6.33 Å². The van der Waals surface area contributed by atoms with Crippen molar-refractivity contribution in [1.82, 2.24) is 8.28 Å². The van der Waals surface area contributed by atoms with E-state index in [4.69, 9.17) is 0 Å². The summed E-state index contributed by atoms with van der Waals surface area (Å²) in [5.41, 5.74) is 0. The molecule has 0 radical (unpaired) electrons. The number of halogens is 9. The van der Waals surface area contributed by atoms with Crippen LogP contribution < -0.4 is 4.57 Å². The summed E-state index contributed by atoms with van der Waals surface area (Å²) in [6.45, 7) is 0.329. The maximum Gasteiger partial charge on any atom is 0.460 e. The average molecular weight is 490 g/mol. The molecule has 0 spiro atoms. The summed E-state index contributed by atoms with van der Waals surface area (Å²) in [7, 11) is -0.997. The number of imidazole rings is 1. The van der Waals surface area contributed by atoms with Gasteiger partial charge in [0.1, 0.15) is 12.4 Å². The van der Waals surface area contributed by atoms with Crippen LogP contribution in [-0.2, 0) is 16.8 Å². The molecule has 0 amide bonds. The number of alkyl halides is 9. The zero-order valence-corrected chi connectivity index (χ0v) is 17.2. The molecule has 1 rings (SSSR count). The van der Waals surface area contributed by atoms with Gasteiger partial charge in [0.15, 0.2) is 0 Å². The van der Waals surface area contributed by atoms with Crippen LogP contribution in [0.4, 0.5) is 39.5 Å². The Bertz CT molecular complexity index is 862. The Hall–Kier alpha value is -1.77. The highest BCUT2D eigenvalue weighted by molar-refractivity contribution is 7.87. The summed E-state index contributed by atoms with van der Waals surface area (Å²) in [4.78, 5) is 0. The summed E-state index contributed by atoms with van der Waals surface area (Å²) in [6, 6.07) is 0. The van der Waals surface area contributed by atoms with E-state index in [-0.39, 0.29) is 6.42 Å². The topological polar surface area (TPSA) is 46.2 Å². The molecule has 0 saturated carbocycles. The maximum atomic E-state index is 13.3. The van der Waals surface area contributed by atoms with Crippen molar-refractivity contribution in [2.24, 2.45) is 0 Å². The van der Waals surface area contributed by atoms with Crippen LogP contribution in [-0.4, -0.2) is 54.7 Å². The number of rotatable bonds is 11. The van der Waals surface area contributed by atoms with Crippen LogP contribution >= 0.6 is 0 Å². The molecule has 0 aliphatic rings. The van der Waals surface area contributed by atoms with Gasteiger partial charge in [-0.25, -0.2) is 4.57 Å². The third kappa shape index (κ3) is 5.93. The molecule has 0 bridgehead atoms. The van der Waals surface area contributed by atoms with Gasteiger partial charge in [-0.1, -0.05) is 12.2 Å². The van der Waals surface area contributed by atoms with E-state index in [0.29, 0.717) is 25.5 Å². The fraction of sp³-hybridized carbons (Fsp3) is 0.688. The van der Waals surface area contributed by atoms with Crippen molar-refractivity contribution in [3.63, 3.8) is 0 Å². The molecule has 0 saturated heterocycles. The second kappa shape index (κ2) is 9.38. The number of allylic oxidation sites excluding steroid dienone is 2. The summed E-state index contributed by atoms with van der Waals surface area (Å²) in [6.07, 6.45) is -2.54. The number of hydrogen-bond acceptors (Lipinski definition) is 2. The highest BCUT2D eigenvalue weighted by Crippen LogP contribution is 2.54. The third-order valence-electron chi connectivity index (χ3n) is 4.18. The van der Waals surface area contributed by atoms with Gasteiger partial charge in [-0.15, -0.1) is 3.97 Å². The Balaban J connectivity index is 2.54. The fourth-order valence-electron chi connectivity index (χ4n) is 2.27. The summed E-state index contributed by atoms with van der Waals surface area (Å²) < 4.78 is 142. The molecule has 1 aromatic heterocycles. The zero-order chi connectivity index (χ0) is 24.3. The summed E-state index contributed by atoms with van der Waals surface area (Å²) in [5.74, 6) is -19.1. The van der Waals surface area contributed by atoms with Crippen LogP contribution in [0.5, 0.6) is 0 Å². The van der Waals surface area contributed by atoms with Crippen LogP contribution in [0.15, 0.2) is 30.9 Å². The van der Waals surface area contributed by atoms with Gasteiger partial charge in [-0.3, -0.25) is 0 Å². The van der Waals surface area contributed by atoms with Crippen molar-refractivity contribution in [2.45, 2.75) is 56.2 Å². The highest BCUT2D eigenvalue weighted by Gasteiger charge is 2.81. The lowest BCUT2D eigenvalue weighted by Gasteiger charge is -2.33. The smallest absolute Gasteiger partial charge is 0.236 e. The van der Waals surface area contributed by atoms with Crippen molar-refractivity contribution in [3.05, 3.63) is 30.9 Å². The average Bonchev–Trinajstić information content (AvgIpc) is 3.09. The van der Waals surface area contributed by atoms with E-state index in [0.717, 1.165) is 14.4 Å². The van der Waals surface area contributed by atoms with Gasteiger partial charge in [0.05, 0.1) is 6.54 Å². The molecule has 0 N–H and O–H groups in total. The van der Waals surface area contributed by atoms with Gasteiger partial charge >= 0.3 is 34.2 Å². The number of aryl methyl sites for hydroxylation is 1. The molecule has 0 aliphatic carbocycles. The number of aromatic nitrogens is 2. The second-order valence-electron chi connectivity index (χ2n) is 6.79. The molecule has 1 aromatic rings. The second-order valence-corrected chi connectivity index (χ2v) is 8.84. The number of hydrogen-bond donors (Lipinski definition) is 0. The first-order valence-electron chi connectivity index (χ1n) is 8.73. The molecule has 0 aromatic carbocycles. The Morgan fingerprint density at radius 2 is 1.52 bits per heavy atom. The highest BCUT2D eigenvalue weighted by atomic mass is 32.2. The van der Waals surface area contributed by atoms with E-state index in [1.165, 1.54) is 37.4 Å². The Kier molecular flexibility index (Phi) is 8.25. The lowest BCUT2D eigenvalue weighted by molar-refractivity contribution is -0.696. The van der Waals surface area contributed by atoms with E-state index < -0.39 is 40.6 Å². The Morgan fingerprint density at radius 3 is 2.03 bits per heavy atom. The molecular weight excluding hydrogens is 469 g/mol. The van der Waals surface area contributed by atoms with Crippen LogP contribution in [0.3, 0.4) is 0 Å². The largest absolute Gasteiger partial charge is 0.460 e. The molecule has 5 nitrogen and oxygen atoms in total. The first kappa shape index (κ1) is 27.3. The van der Waals surface area contributed by atoms with Crippen LogP contribution in [0.1, 0.15) is 25.7 Å². The molecule has 15 heteroatoms. The van der Waals surface area contributed by atoms with E-state index in [9.17, 15) is 47.9 Å². The van der Waals surface area contributed by atoms with E-state index in [1.54, 1.807) is 0 Å². The SMILES string of the molecule is CN(C)S(=O)(=O)n1cc[n+](CCCCC=CCC(F)(F)C(F)(F)C(F)(F)C(F)(F)F)c1. The van der Waals surface area contributed by atoms with Gasteiger partial charge < -0.3 is 0 Å². The molecule has 180 valence electrons. The van der Waals surface area contributed by atoms with Gasteiger partial charge in [0, 0.05) is 20.5 Å². The summed E-state index contributed by atoms with van der Waals surface area (Å²) >= 11 is 0. The fourth-order valence-corrected chi connectivity index (χ4v) is 3.10. The quantitative estimate of drug-likeness (QED) is 0.204. The molecule has 1 heterocycles. The Morgan fingerprint density at radius 1 is 0.935 bits per heavy atom. The summed E-state index contributed by atoms with van der Waals surface area (Å²) in [5, 5.41) is 0. The molecule has 0 aliphatic heterocycles. The minimum Gasteiger partial charge on any atom is -0.236 e. The number of unbranched alkanes of at least 4 members (excludes halogenated alkanes) is 2. The van der Waals surface area contributed by atoms with Gasteiger partial charge in [-0.2, -0.15) is 52.2 Å². The number of nitrogens with zero attached hydrogens (tertiary/aromatic N) is 3. The molecule has 0 fully saturated rings. The molecule has 0 unspecified atom stereocenters. The Labute approximate surface area is 172 Å². The zero-order valence-electron chi connectivity index (χ0n) is 16.4.